The molecule has 1 aliphatic rings. The van der Waals surface area contributed by atoms with Crippen LogP contribution in [0.15, 0.2) is 0 Å². The molecule has 20 heavy (non-hydrogen) atoms. The lowest BCUT2D eigenvalue weighted by Crippen LogP contribution is -2.48. The third-order valence-corrected chi connectivity index (χ3v) is 4.56. The number of likely N-dealkylation sites (tertiary alicyclic amines) is 1. The Bertz CT molecular complexity index is 286. The summed E-state index contributed by atoms with van der Waals surface area (Å²) in [6, 6.07) is 0. The van der Waals surface area contributed by atoms with Gasteiger partial charge in [0.25, 0.3) is 0 Å². The van der Waals surface area contributed by atoms with Gasteiger partial charge in [-0.15, -0.1) is 0 Å². The van der Waals surface area contributed by atoms with E-state index in [0.717, 1.165) is 12.5 Å². The molecule has 1 heterocycles. The first kappa shape index (κ1) is 18.0. The molecule has 0 aliphatic carbocycles. The van der Waals surface area contributed by atoms with Crippen molar-refractivity contribution < 1.29 is 0 Å². The average Bonchev–Trinajstić information content (AvgIpc) is 2.25. The van der Waals surface area contributed by atoms with Crippen LogP contribution in [0.4, 0.5) is 0 Å². The molecule has 0 aromatic carbocycles. The zero-order valence-corrected chi connectivity index (χ0v) is 15.3. The second kappa shape index (κ2) is 6.36. The topological polar surface area (TPSA) is 15.3 Å². The van der Waals surface area contributed by atoms with Gasteiger partial charge in [0.2, 0.25) is 0 Å². The fourth-order valence-corrected chi connectivity index (χ4v) is 3.12. The summed E-state index contributed by atoms with van der Waals surface area (Å²) in [6.45, 7) is 23.6. The van der Waals surface area contributed by atoms with Gasteiger partial charge >= 0.3 is 0 Å². The van der Waals surface area contributed by atoms with Crippen molar-refractivity contribution in [2.75, 3.05) is 26.2 Å². The van der Waals surface area contributed by atoms with Crippen molar-refractivity contribution in [1.29, 1.82) is 0 Å². The largest absolute Gasteiger partial charge is 0.311 e. The minimum Gasteiger partial charge on any atom is -0.311 e. The molecule has 2 heteroatoms. The predicted molar refractivity (Wildman–Crippen MR) is 90.2 cm³/mol. The SMILES string of the molecule is CC(C)(CNC(C)(C)C)CN1CCC(C(C)(C)C)CC1. The zero-order valence-electron chi connectivity index (χ0n) is 15.3. The number of rotatable bonds is 4. The van der Waals surface area contributed by atoms with Crippen LogP contribution in [0, 0.1) is 16.7 Å². The van der Waals surface area contributed by atoms with Crippen LogP contribution in [0.1, 0.15) is 68.2 Å². The normalized spacial score (nSPS) is 20.4. The lowest BCUT2D eigenvalue weighted by atomic mass is 9.75. The number of hydrogen-bond acceptors (Lipinski definition) is 2. The summed E-state index contributed by atoms with van der Waals surface area (Å²) in [7, 11) is 0. The molecule has 0 amide bonds. The summed E-state index contributed by atoms with van der Waals surface area (Å²) in [6.07, 6.45) is 2.73. The van der Waals surface area contributed by atoms with E-state index in [-0.39, 0.29) is 5.54 Å². The molecule has 1 fully saturated rings. The van der Waals surface area contributed by atoms with Crippen LogP contribution in [-0.4, -0.2) is 36.6 Å². The van der Waals surface area contributed by atoms with Gasteiger partial charge in [-0.25, -0.2) is 0 Å². The first-order valence-corrected chi connectivity index (χ1v) is 8.36. The van der Waals surface area contributed by atoms with Crippen molar-refractivity contribution in [2.45, 2.75) is 73.8 Å². The van der Waals surface area contributed by atoms with Crippen LogP contribution >= 0.6 is 0 Å². The summed E-state index contributed by atoms with van der Waals surface area (Å²) >= 11 is 0. The first-order valence-electron chi connectivity index (χ1n) is 8.36. The van der Waals surface area contributed by atoms with Crippen LogP contribution in [0.25, 0.3) is 0 Å². The van der Waals surface area contributed by atoms with Gasteiger partial charge in [-0.1, -0.05) is 34.6 Å². The van der Waals surface area contributed by atoms with E-state index in [1.807, 2.05) is 0 Å². The maximum atomic E-state index is 3.66. The Labute approximate surface area is 127 Å². The fourth-order valence-electron chi connectivity index (χ4n) is 3.12. The standard InChI is InChI=1S/C18H38N2/c1-16(2,3)15-9-11-20(12-10-15)14-18(7,8)13-19-17(4,5)6/h15,19H,9-14H2,1-8H3. The highest BCUT2D eigenvalue weighted by Crippen LogP contribution is 2.34. The second-order valence-corrected chi connectivity index (χ2v) is 9.68. The molecule has 0 unspecified atom stereocenters. The molecule has 0 aromatic rings. The summed E-state index contributed by atoms with van der Waals surface area (Å²) in [5.41, 5.74) is 1.05. The van der Waals surface area contributed by atoms with Gasteiger partial charge in [0.15, 0.2) is 0 Å². The molecule has 1 aliphatic heterocycles. The molecule has 0 spiro atoms. The Morgan fingerprint density at radius 2 is 1.40 bits per heavy atom. The van der Waals surface area contributed by atoms with Gasteiger partial charge < -0.3 is 10.2 Å². The van der Waals surface area contributed by atoms with Gasteiger partial charge in [0, 0.05) is 18.6 Å². The Morgan fingerprint density at radius 1 is 0.900 bits per heavy atom. The van der Waals surface area contributed by atoms with Crippen LogP contribution in [0.5, 0.6) is 0 Å². The van der Waals surface area contributed by atoms with E-state index in [9.17, 15) is 0 Å². The smallest absolute Gasteiger partial charge is 0.00967 e. The van der Waals surface area contributed by atoms with Gasteiger partial charge in [-0.3, -0.25) is 0 Å². The van der Waals surface area contributed by atoms with Crippen molar-refractivity contribution >= 4 is 0 Å². The van der Waals surface area contributed by atoms with E-state index in [0.29, 0.717) is 10.8 Å². The molecule has 0 aromatic heterocycles. The summed E-state index contributed by atoms with van der Waals surface area (Å²) in [5.74, 6) is 0.898. The predicted octanol–water partition coefficient (Wildman–Crippen LogP) is 4.16. The van der Waals surface area contributed by atoms with Crippen molar-refractivity contribution in [3.05, 3.63) is 0 Å². The number of nitrogens with one attached hydrogen (secondary N) is 1. The van der Waals surface area contributed by atoms with E-state index in [4.69, 9.17) is 0 Å². The van der Waals surface area contributed by atoms with Gasteiger partial charge in [0.1, 0.15) is 0 Å². The number of piperidine rings is 1. The van der Waals surface area contributed by atoms with Gasteiger partial charge in [0.05, 0.1) is 0 Å². The Balaban J connectivity index is 2.39. The summed E-state index contributed by atoms with van der Waals surface area (Å²) in [4.78, 5) is 2.67. The maximum absolute atomic E-state index is 3.66. The highest BCUT2D eigenvalue weighted by Gasteiger charge is 2.31. The maximum Gasteiger partial charge on any atom is 0.00967 e. The molecule has 2 nitrogen and oxygen atoms in total. The Kier molecular flexibility index (Phi) is 5.71. The van der Waals surface area contributed by atoms with Gasteiger partial charge in [-0.05, 0) is 63.5 Å². The molecule has 1 saturated heterocycles. The molecular formula is C18H38N2. The highest BCUT2D eigenvalue weighted by atomic mass is 15.1. The lowest BCUT2D eigenvalue weighted by molar-refractivity contribution is 0.0822. The van der Waals surface area contributed by atoms with Crippen molar-refractivity contribution in [1.82, 2.24) is 10.2 Å². The highest BCUT2D eigenvalue weighted by molar-refractivity contribution is 4.85. The molecule has 1 N–H and O–H groups in total. The molecule has 1 rings (SSSR count). The van der Waals surface area contributed by atoms with E-state index in [2.05, 4.69) is 65.6 Å². The number of nitrogens with zero attached hydrogens (tertiary/aromatic N) is 1. The van der Waals surface area contributed by atoms with Crippen molar-refractivity contribution in [3.8, 4) is 0 Å². The van der Waals surface area contributed by atoms with E-state index < -0.39 is 0 Å². The monoisotopic (exact) mass is 282 g/mol. The third kappa shape index (κ3) is 6.58. The quantitative estimate of drug-likeness (QED) is 0.833. The van der Waals surface area contributed by atoms with E-state index in [1.165, 1.54) is 32.5 Å². The summed E-state index contributed by atoms with van der Waals surface area (Å²) in [5, 5.41) is 3.66. The summed E-state index contributed by atoms with van der Waals surface area (Å²) < 4.78 is 0. The number of hydrogen-bond donors (Lipinski definition) is 1. The van der Waals surface area contributed by atoms with Crippen LogP contribution in [0.2, 0.25) is 0 Å². The van der Waals surface area contributed by atoms with Crippen LogP contribution in [-0.2, 0) is 0 Å². The van der Waals surface area contributed by atoms with E-state index >= 15 is 0 Å². The van der Waals surface area contributed by atoms with E-state index in [1.54, 1.807) is 0 Å². The molecule has 0 radical (unpaired) electrons. The molecule has 0 saturated carbocycles. The second-order valence-electron chi connectivity index (χ2n) is 9.68. The Hall–Kier alpha value is -0.0800. The minimum atomic E-state index is 0.219. The molecule has 0 atom stereocenters. The zero-order chi connectivity index (χ0) is 15.6. The molecule has 0 bridgehead atoms. The molecule has 120 valence electrons. The van der Waals surface area contributed by atoms with Crippen molar-refractivity contribution in [2.24, 2.45) is 16.7 Å². The first-order chi connectivity index (χ1) is 8.89. The molecular weight excluding hydrogens is 244 g/mol. The van der Waals surface area contributed by atoms with Crippen LogP contribution in [0.3, 0.4) is 0 Å². The van der Waals surface area contributed by atoms with Gasteiger partial charge in [-0.2, -0.15) is 0 Å². The van der Waals surface area contributed by atoms with Crippen LogP contribution < -0.4 is 5.32 Å². The Morgan fingerprint density at radius 3 is 1.80 bits per heavy atom. The fraction of sp³-hybridized carbons (Fsp3) is 1.00. The average molecular weight is 283 g/mol. The third-order valence-electron chi connectivity index (χ3n) is 4.56. The van der Waals surface area contributed by atoms with Crippen molar-refractivity contribution in [3.63, 3.8) is 0 Å². The minimum absolute atomic E-state index is 0.219. The lowest BCUT2D eigenvalue weighted by Gasteiger charge is -2.42.